The second-order valence-corrected chi connectivity index (χ2v) is 12.9. The first-order valence-corrected chi connectivity index (χ1v) is 15.2. The quantitative estimate of drug-likeness (QED) is 0.254. The van der Waals surface area contributed by atoms with E-state index in [0.717, 1.165) is 38.3 Å². The van der Waals surface area contributed by atoms with Crippen molar-refractivity contribution >= 4 is 27.5 Å². The molecule has 4 heterocycles. The number of anilines is 1. The summed E-state index contributed by atoms with van der Waals surface area (Å²) >= 11 is 0. The van der Waals surface area contributed by atoms with Crippen LogP contribution in [0.3, 0.4) is 0 Å². The van der Waals surface area contributed by atoms with E-state index in [0.29, 0.717) is 37.3 Å². The van der Waals surface area contributed by atoms with Crippen LogP contribution in [0, 0.1) is 29.3 Å². The minimum Gasteiger partial charge on any atom is -0.508 e. The molecular weight excluding hydrogens is 579 g/mol. The molecule has 3 aliphatic heterocycles. The maximum absolute atomic E-state index is 16.6. The summed E-state index contributed by atoms with van der Waals surface area (Å²) in [6, 6.07) is 7.73. The highest BCUT2D eigenvalue weighted by Gasteiger charge is 2.49. The first-order valence-electron chi connectivity index (χ1n) is 15.2. The van der Waals surface area contributed by atoms with Gasteiger partial charge in [0.15, 0.2) is 17.5 Å². The molecule has 4 aromatic rings. The third kappa shape index (κ3) is 4.29. The number of alkyl halides is 2. The smallest absolute Gasteiger partial charge is 0.319 e. The van der Waals surface area contributed by atoms with Crippen molar-refractivity contribution < 1.29 is 31.8 Å². The second-order valence-electron chi connectivity index (χ2n) is 12.9. The number of hydrogen-bond donors (Lipinski definition) is 1. The van der Waals surface area contributed by atoms with E-state index in [1.54, 1.807) is 6.07 Å². The van der Waals surface area contributed by atoms with Gasteiger partial charge in [-0.2, -0.15) is 9.97 Å². The van der Waals surface area contributed by atoms with E-state index in [9.17, 15) is 18.3 Å². The number of hydrogen-bond acceptors (Lipinski definition) is 6. The van der Waals surface area contributed by atoms with Crippen molar-refractivity contribution in [1.82, 2.24) is 14.9 Å². The molecule has 230 valence electrons. The maximum atomic E-state index is 16.6. The van der Waals surface area contributed by atoms with Crippen molar-refractivity contribution in [2.45, 2.75) is 50.0 Å². The number of ether oxygens (including phenoxy) is 1. The van der Waals surface area contributed by atoms with Crippen LogP contribution in [0.1, 0.15) is 32.1 Å². The van der Waals surface area contributed by atoms with Crippen LogP contribution in [0.15, 0.2) is 36.4 Å². The first-order chi connectivity index (χ1) is 21.2. The van der Waals surface area contributed by atoms with E-state index < -0.39 is 35.3 Å². The lowest BCUT2D eigenvalue weighted by Gasteiger charge is -2.36. The van der Waals surface area contributed by atoms with E-state index in [1.807, 2.05) is 4.90 Å². The Labute approximate surface area is 250 Å². The summed E-state index contributed by atoms with van der Waals surface area (Å²) in [4.78, 5) is 13.2. The van der Waals surface area contributed by atoms with Gasteiger partial charge in [0.2, 0.25) is 0 Å². The summed E-state index contributed by atoms with van der Waals surface area (Å²) in [5, 5.41) is 10.8. The molecule has 0 amide bonds. The topological polar surface area (TPSA) is 61.7 Å². The summed E-state index contributed by atoms with van der Waals surface area (Å²) in [7, 11) is 0. The summed E-state index contributed by atoms with van der Waals surface area (Å²) in [5.41, 5.74) is -0.694. The number of piperidine rings is 1. The lowest BCUT2D eigenvalue weighted by Crippen LogP contribution is -2.44. The number of benzene rings is 3. The van der Waals surface area contributed by atoms with Crippen molar-refractivity contribution in [3.05, 3.63) is 53.8 Å². The molecule has 1 aromatic heterocycles. The second kappa shape index (κ2) is 10.2. The van der Waals surface area contributed by atoms with Crippen molar-refractivity contribution in [2.75, 3.05) is 37.7 Å². The largest absolute Gasteiger partial charge is 0.508 e. The minimum absolute atomic E-state index is 0.0317. The third-order valence-corrected chi connectivity index (χ3v) is 10.3. The number of fused-ring (bicyclic) bond motifs is 5. The Balaban J connectivity index is 1.26. The van der Waals surface area contributed by atoms with Crippen LogP contribution >= 0.6 is 0 Å². The molecule has 0 spiro atoms. The standard InChI is InChI=1S/C33H31F5N4O2/c34-20-12-33(8-1-9-42(33)15-20)16-44-32-39-30-23(31(40-32)41-13-18-2-3-19(14-41)27(18)36)6-5-22(28(30)37)24-11-21(43)10-17-4-7-25(35)29(38)26(17)24/h4-7,10-11,18-20,27,43H,1-3,8-9,12-16H2/t18?,19?,20-,27?,33+/m1/s1. The molecule has 11 heteroatoms. The van der Waals surface area contributed by atoms with Crippen LogP contribution in [-0.4, -0.2) is 70.6 Å². The number of aromatic hydroxyl groups is 1. The number of nitrogens with zero attached hydrogens (tertiary/aromatic N) is 4. The van der Waals surface area contributed by atoms with Crippen molar-refractivity contribution in [2.24, 2.45) is 11.8 Å². The average Bonchev–Trinajstić information content (AvgIpc) is 3.58. The highest BCUT2D eigenvalue weighted by molar-refractivity contribution is 6.01. The number of phenolic OH excluding ortho intramolecular Hbond substituents is 1. The Morgan fingerprint density at radius 2 is 1.73 bits per heavy atom. The highest BCUT2D eigenvalue weighted by Crippen LogP contribution is 2.44. The fourth-order valence-corrected chi connectivity index (χ4v) is 8.21. The van der Waals surface area contributed by atoms with Crippen LogP contribution in [0.2, 0.25) is 0 Å². The Morgan fingerprint density at radius 1 is 0.932 bits per heavy atom. The lowest BCUT2D eigenvalue weighted by molar-refractivity contribution is 0.107. The van der Waals surface area contributed by atoms with Gasteiger partial charge in [0.1, 0.15) is 36.0 Å². The summed E-state index contributed by atoms with van der Waals surface area (Å²) < 4.78 is 81.4. The fourth-order valence-electron chi connectivity index (χ4n) is 8.21. The molecule has 3 saturated heterocycles. The van der Waals surface area contributed by atoms with Gasteiger partial charge in [0, 0.05) is 54.2 Å². The van der Waals surface area contributed by atoms with Gasteiger partial charge in [-0.3, -0.25) is 4.90 Å². The number of halogens is 5. The molecule has 1 saturated carbocycles. The SMILES string of the molecule is Oc1cc(-c2ccc3c(N4CC5CCC(C4)C5F)nc(OC[C@@]45CCCN4C[C@H](F)C5)nc3c2F)c2c(F)c(F)ccc2c1. The van der Waals surface area contributed by atoms with E-state index in [4.69, 9.17) is 9.72 Å². The Morgan fingerprint density at radius 3 is 2.52 bits per heavy atom. The fraction of sp³-hybridized carbons (Fsp3) is 0.455. The highest BCUT2D eigenvalue weighted by atomic mass is 19.2. The molecule has 2 unspecified atom stereocenters. The molecule has 4 atom stereocenters. The molecule has 1 N–H and O–H groups in total. The van der Waals surface area contributed by atoms with Crippen LogP contribution in [-0.2, 0) is 0 Å². The lowest BCUT2D eigenvalue weighted by atomic mass is 9.94. The summed E-state index contributed by atoms with van der Waals surface area (Å²) in [6.45, 7) is 2.09. The Bertz CT molecular complexity index is 1790. The van der Waals surface area contributed by atoms with Gasteiger partial charge < -0.3 is 14.7 Å². The van der Waals surface area contributed by atoms with E-state index in [2.05, 4.69) is 9.88 Å². The molecular formula is C33H31F5N4O2. The van der Waals surface area contributed by atoms with Gasteiger partial charge in [0.25, 0.3) is 0 Å². The van der Waals surface area contributed by atoms with E-state index in [-0.39, 0.29) is 57.6 Å². The monoisotopic (exact) mass is 610 g/mol. The number of aromatic nitrogens is 2. The Hall–Kier alpha value is -3.73. The normalized spacial score (nSPS) is 28.3. The molecule has 6 nitrogen and oxygen atoms in total. The number of rotatable bonds is 5. The molecule has 4 fully saturated rings. The van der Waals surface area contributed by atoms with Gasteiger partial charge in [0.05, 0.1) is 5.54 Å². The first kappa shape index (κ1) is 27.8. The summed E-state index contributed by atoms with van der Waals surface area (Å²) in [6.07, 6.45) is 1.72. The zero-order valence-corrected chi connectivity index (χ0v) is 23.9. The van der Waals surface area contributed by atoms with Crippen molar-refractivity contribution in [3.8, 4) is 22.9 Å². The van der Waals surface area contributed by atoms with Gasteiger partial charge in [-0.15, -0.1) is 0 Å². The van der Waals surface area contributed by atoms with Crippen molar-refractivity contribution in [1.29, 1.82) is 0 Å². The van der Waals surface area contributed by atoms with Crippen LogP contribution in [0.4, 0.5) is 27.8 Å². The summed E-state index contributed by atoms with van der Waals surface area (Å²) in [5.74, 6) is -3.22. The molecule has 8 rings (SSSR count). The van der Waals surface area contributed by atoms with Gasteiger partial charge >= 0.3 is 6.01 Å². The van der Waals surface area contributed by atoms with E-state index in [1.165, 1.54) is 24.3 Å². The predicted molar refractivity (Wildman–Crippen MR) is 156 cm³/mol. The molecule has 0 radical (unpaired) electrons. The predicted octanol–water partition coefficient (Wildman–Crippen LogP) is 6.71. The molecule has 44 heavy (non-hydrogen) atoms. The maximum Gasteiger partial charge on any atom is 0.319 e. The molecule has 3 aromatic carbocycles. The van der Waals surface area contributed by atoms with Gasteiger partial charge in [-0.05, 0) is 67.4 Å². The van der Waals surface area contributed by atoms with Crippen molar-refractivity contribution in [3.63, 3.8) is 0 Å². The number of phenols is 1. The Kier molecular flexibility index (Phi) is 6.41. The molecule has 1 aliphatic carbocycles. The van der Waals surface area contributed by atoms with Crippen LogP contribution in [0.5, 0.6) is 11.8 Å². The minimum atomic E-state index is -1.16. The van der Waals surface area contributed by atoms with Crippen LogP contribution < -0.4 is 9.64 Å². The average molecular weight is 611 g/mol. The van der Waals surface area contributed by atoms with Crippen LogP contribution in [0.25, 0.3) is 32.8 Å². The molecule has 4 aliphatic rings. The third-order valence-electron chi connectivity index (χ3n) is 10.3. The molecule has 2 bridgehead atoms. The van der Waals surface area contributed by atoms with Gasteiger partial charge in [-0.1, -0.05) is 12.1 Å². The zero-order valence-electron chi connectivity index (χ0n) is 23.9. The van der Waals surface area contributed by atoms with E-state index >= 15 is 8.78 Å². The zero-order chi connectivity index (χ0) is 30.3. The van der Waals surface area contributed by atoms with Gasteiger partial charge in [-0.25, -0.2) is 22.0 Å².